The number of amides is 3. The van der Waals surface area contributed by atoms with Crippen LogP contribution in [0.1, 0.15) is 32.4 Å². The molecule has 2 aromatic rings. The van der Waals surface area contributed by atoms with Crippen LogP contribution in [0.5, 0.6) is 5.75 Å². The van der Waals surface area contributed by atoms with Crippen molar-refractivity contribution < 1.29 is 19.1 Å². The lowest BCUT2D eigenvalue weighted by Crippen LogP contribution is -2.54. The van der Waals surface area contributed by atoms with Gasteiger partial charge in [0.05, 0.1) is 13.2 Å². The molecule has 0 saturated carbocycles. The standard InChI is InChI=1S/C23H29N3O4/c1-23(2,3)30-22(28)25-14-15-26(20(16-25)17-8-6-5-7-9-17)21(27)24-18-10-12-19(29-4)13-11-18/h5-13,20H,14-16H2,1-4H3,(H,24,27). The summed E-state index contributed by atoms with van der Waals surface area (Å²) in [5.41, 5.74) is 1.08. The van der Waals surface area contributed by atoms with Gasteiger partial charge in [0.1, 0.15) is 11.4 Å². The predicted molar refractivity (Wildman–Crippen MR) is 116 cm³/mol. The van der Waals surface area contributed by atoms with Gasteiger partial charge >= 0.3 is 12.1 Å². The molecule has 3 rings (SSSR count). The number of benzene rings is 2. The summed E-state index contributed by atoms with van der Waals surface area (Å²) in [5, 5.41) is 2.94. The summed E-state index contributed by atoms with van der Waals surface area (Å²) in [6, 6.07) is 16.4. The summed E-state index contributed by atoms with van der Waals surface area (Å²) in [7, 11) is 1.60. The first kappa shape index (κ1) is 21.5. The summed E-state index contributed by atoms with van der Waals surface area (Å²) < 4.78 is 10.7. The fourth-order valence-corrected chi connectivity index (χ4v) is 3.35. The second-order valence-electron chi connectivity index (χ2n) is 8.20. The second-order valence-corrected chi connectivity index (χ2v) is 8.20. The van der Waals surface area contributed by atoms with Gasteiger partial charge in [0.15, 0.2) is 0 Å². The Morgan fingerprint density at radius 1 is 1.00 bits per heavy atom. The fourth-order valence-electron chi connectivity index (χ4n) is 3.35. The van der Waals surface area contributed by atoms with Crippen LogP contribution in [0.2, 0.25) is 0 Å². The van der Waals surface area contributed by atoms with Crippen molar-refractivity contribution in [3.8, 4) is 5.75 Å². The molecular weight excluding hydrogens is 382 g/mol. The van der Waals surface area contributed by atoms with E-state index in [0.717, 1.165) is 11.3 Å². The van der Waals surface area contributed by atoms with Crippen molar-refractivity contribution in [1.82, 2.24) is 9.80 Å². The normalized spacial score (nSPS) is 16.7. The highest BCUT2D eigenvalue weighted by Crippen LogP contribution is 2.27. The van der Waals surface area contributed by atoms with E-state index in [1.807, 2.05) is 51.1 Å². The molecule has 0 spiro atoms. The molecule has 0 aromatic heterocycles. The highest BCUT2D eigenvalue weighted by Gasteiger charge is 2.35. The second kappa shape index (κ2) is 9.07. The number of nitrogens with zero attached hydrogens (tertiary/aromatic N) is 2. The van der Waals surface area contributed by atoms with Crippen molar-refractivity contribution in [3.05, 3.63) is 60.2 Å². The number of nitrogens with one attached hydrogen (secondary N) is 1. The van der Waals surface area contributed by atoms with Gasteiger partial charge in [-0.1, -0.05) is 30.3 Å². The lowest BCUT2D eigenvalue weighted by atomic mass is 10.0. The third-order valence-electron chi connectivity index (χ3n) is 4.82. The SMILES string of the molecule is COc1ccc(NC(=O)N2CCN(C(=O)OC(C)(C)C)CC2c2ccccc2)cc1. The maximum absolute atomic E-state index is 13.1. The average molecular weight is 412 g/mol. The molecule has 0 aliphatic carbocycles. The molecule has 1 N–H and O–H groups in total. The van der Waals surface area contributed by atoms with E-state index < -0.39 is 5.60 Å². The van der Waals surface area contributed by atoms with Gasteiger partial charge in [-0.25, -0.2) is 9.59 Å². The molecule has 3 amide bonds. The fraction of sp³-hybridized carbons (Fsp3) is 0.391. The van der Waals surface area contributed by atoms with Crippen LogP contribution in [0.3, 0.4) is 0 Å². The number of carbonyl (C=O) groups excluding carboxylic acids is 2. The Morgan fingerprint density at radius 3 is 2.27 bits per heavy atom. The number of hydrogen-bond acceptors (Lipinski definition) is 4. The van der Waals surface area contributed by atoms with E-state index in [9.17, 15) is 9.59 Å². The van der Waals surface area contributed by atoms with Crippen LogP contribution >= 0.6 is 0 Å². The van der Waals surface area contributed by atoms with Crippen LogP contribution in [0.4, 0.5) is 15.3 Å². The third-order valence-corrected chi connectivity index (χ3v) is 4.82. The number of methoxy groups -OCH3 is 1. The summed E-state index contributed by atoms with van der Waals surface area (Å²) in [6.45, 7) is 6.72. The van der Waals surface area contributed by atoms with Crippen LogP contribution in [0.25, 0.3) is 0 Å². The molecule has 7 nitrogen and oxygen atoms in total. The molecule has 30 heavy (non-hydrogen) atoms. The minimum absolute atomic E-state index is 0.210. The molecule has 2 aromatic carbocycles. The molecule has 1 fully saturated rings. The van der Waals surface area contributed by atoms with E-state index in [4.69, 9.17) is 9.47 Å². The zero-order valence-corrected chi connectivity index (χ0v) is 17.9. The van der Waals surface area contributed by atoms with Crippen molar-refractivity contribution in [2.24, 2.45) is 0 Å². The molecule has 1 heterocycles. The Balaban J connectivity index is 1.77. The van der Waals surface area contributed by atoms with Crippen LogP contribution in [0, 0.1) is 0 Å². The molecule has 1 atom stereocenters. The smallest absolute Gasteiger partial charge is 0.410 e. The minimum Gasteiger partial charge on any atom is -0.497 e. The van der Waals surface area contributed by atoms with E-state index in [0.29, 0.717) is 25.3 Å². The molecule has 1 unspecified atom stereocenters. The number of anilines is 1. The van der Waals surface area contributed by atoms with Crippen molar-refractivity contribution >= 4 is 17.8 Å². The van der Waals surface area contributed by atoms with Crippen LogP contribution in [-0.2, 0) is 4.74 Å². The molecule has 160 valence electrons. The third kappa shape index (κ3) is 5.43. The first-order chi connectivity index (χ1) is 14.3. The van der Waals surface area contributed by atoms with Crippen LogP contribution < -0.4 is 10.1 Å². The van der Waals surface area contributed by atoms with E-state index in [1.165, 1.54) is 0 Å². The van der Waals surface area contributed by atoms with Crippen LogP contribution in [-0.4, -0.2) is 54.3 Å². The van der Waals surface area contributed by atoms with E-state index in [1.54, 1.807) is 41.2 Å². The predicted octanol–water partition coefficient (Wildman–Crippen LogP) is 4.52. The lowest BCUT2D eigenvalue weighted by Gasteiger charge is -2.41. The monoisotopic (exact) mass is 411 g/mol. The number of piperazine rings is 1. The average Bonchev–Trinajstić information content (AvgIpc) is 2.73. The van der Waals surface area contributed by atoms with Gasteiger partial charge in [-0.05, 0) is 50.6 Å². The number of urea groups is 1. The first-order valence-corrected chi connectivity index (χ1v) is 10.0. The van der Waals surface area contributed by atoms with Gasteiger partial charge in [0.25, 0.3) is 0 Å². The quantitative estimate of drug-likeness (QED) is 0.806. The zero-order chi connectivity index (χ0) is 21.7. The highest BCUT2D eigenvalue weighted by atomic mass is 16.6. The van der Waals surface area contributed by atoms with Crippen molar-refractivity contribution in [3.63, 3.8) is 0 Å². The number of hydrogen-bond donors (Lipinski definition) is 1. The van der Waals surface area contributed by atoms with Gasteiger partial charge in [0, 0.05) is 25.3 Å². The number of rotatable bonds is 3. The van der Waals surface area contributed by atoms with Gasteiger partial charge in [0.2, 0.25) is 0 Å². The van der Waals surface area contributed by atoms with Crippen molar-refractivity contribution in [2.45, 2.75) is 32.4 Å². The Labute approximate surface area is 177 Å². The van der Waals surface area contributed by atoms with Gasteiger partial charge in [-0.2, -0.15) is 0 Å². The highest BCUT2D eigenvalue weighted by molar-refractivity contribution is 5.90. The number of ether oxygens (including phenoxy) is 2. The maximum atomic E-state index is 13.1. The maximum Gasteiger partial charge on any atom is 0.410 e. The largest absolute Gasteiger partial charge is 0.497 e. The Kier molecular flexibility index (Phi) is 6.50. The van der Waals surface area contributed by atoms with Gasteiger partial charge in [-0.15, -0.1) is 0 Å². The molecule has 1 aliphatic heterocycles. The Bertz CT molecular complexity index is 862. The minimum atomic E-state index is -0.567. The summed E-state index contributed by atoms with van der Waals surface area (Å²) in [4.78, 5) is 29.1. The summed E-state index contributed by atoms with van der Waals surface area (Å²) >= 11 is 0. The molecular formula is C23H29N3O4. The molecule has 1 saturated heterocycles. The van der Waals surface area contributed by atoms with E-state index in [-0.39, 0.29) is 18.2 Å². The molecule has 1 aliphatic rings. The van der Waals surface area contributed by atoms with E-state index >= 15 is 0 Å². The first-order valence-electron chi connectivity index (χ1n) is 10.0. The summed E-state index contributed by atoms with van der Waals surface area (Å²) in [6.07, 6.45) is -0.362. The van der Waals surface area contributed by atoms with Gasteiger partial charge < -0.3 is 24.6 Å². The topological polar surface area (TPSA) is 71.1 Å². The van der Waals surface area contributed by atoms with Gasteiger partial charge in [-0.3, -0.25) is 0 Å². The molecule has 7 heteroatoms. The van der Waals surface area contributed by atoms with Crippen LogP contribution in [0.15, 0.2) is 54.6 Å². The lowest BCUT2D eigenvalue weighted by molar-refractivity contribution is 0.00956. The zero-order valence-electron chi connectivity index (χ0n) is 17.9. The Hall–Kier alpha value is -3.22. The van der Waals surface area contributed by atoms with Crippen molar-refractivity contribution in [2.75, 3.05) is 32.1 Å². The molecule has 0 radical (unpaired) electrons. The van der Waals surface area contributed by atoms with Crippen molar-refractivity contribution in [1.29, 1.82) is 0 Å². The summed E-state index contributed by atoms with van der Waals surface area (Å²) in [5.74, 6) is 0.723. The number of carbonyl (C=O) groups is 2. The Morgan fingerprint density at radius 2 is 1.67 bits per heavy atom. The van der Waals surface area contributed by atoms with E-state index in [2.05, 4.69) is 5.32 Å². The molecule has 0 bridgehead atoms.